The van der Waals surface area contributed by atoms with Crippen molar-refractivity contribution >= 4 is 89.4 Å². The van der Waals surface area contributed by atoms with Crippen LogP contribution in [0.2, 0.25) is 15.7 Å². The molecule has 0 fully saturated rings. The van der Waals surface area contributed by atoms with Gasteiger partial charge in [-0.3, -0.25) is 10.1 Å². The van der Waals surface area contributed by atoms with Crippen LogP contribution in [0.15, 0.2) is 35.0 Å². The molecule has 5 aromatic rings. The lowest BCUT2D eigenvalue weighted by atomic mass is 10.2. The van der Waals surface area contributed by atoms with E-state index < -0.39 is 4.92 Å². The molecule has 0 saturated carbocycles. The second-order valence-electron chi connectivity index (χ2n) is 7.10. The van der Waals surface area contributed by atoms with Gasteiger partial charge in [-0.05, 0) is 64.5 Å². The van der Waals surface area contributed by atoms with Gasteiger partial charge < -0.3 is 5.32 Å². The Morgan fingerprint density at radius 1 is 0.941 bits per heavy atom. The summed E-state index contributed by atoms with van der Waals surface area (Å²) in [5.41, 5.74) is 3.02. The summed E-state index contributed by atoms with van der Waals surface area (Å²) < 4.78 is 0. The van der Waals surface area contributed by atoms with E-state index in [4.69, 9.17) is 34.8 Å². The minimum atomic E-state index is -0.410. The van der Waals surface area contributed by atoms with Gasteiger partial charge >= 0.3 is 0 Å². The molecule has 0 amide bonds. The molecule has 4 heterocycles. The van der Waals surface area contributed by atoms with Crippen LogP contribution >= 0.6 is 57.5 Å². The maximum absolute atomic E-state index is 10.8. The number of nitrogens with one attached hydrogen (secondary N) is 1. The molecule has 174 valence electrons. The second-order valence-corrected chi connectivity index (χ2v) is 9.85. The molecule has 0 aliphatic heterocycles. The third kappa shape index (κ3) is 5.37. The Hall–Kier alpha value is -2.63. The number of fused-ring (bicyclic) bond motifs is 2. The lowest BCUT2D eigenvalue weighted by Gasteiger charge is -2.08. The second kappa shape index (κ2) is 10.3. The predicted molar refractivity (Wildman–Crippen MR) is 140 cm³/mol. The Bertz CT molecular complexity index is 1520. The summed E-state index contributed by atoms with van der Waals surface area (Å²) in [4.78, 5) is 28.4. The van der Waals surface area contributed by atoms with Gasteiger partial charge in [0, 0.05) is 18.7 Å². The van der Waals surface area contributed by atoms with Gasteiger partial charge in [0.2, 0.25) is 10.6 Å². The molecular formula is C21H15Cl3N6O2S2. The van der Waals surface area contributed by atoms with Crippen LogP contribution in [0.4, 0.5) is 11.5 Å². The molecule has 1 N–H and O–H groups in total. The first-order valence-electron chi connectivity index (χ1n) is 9.68. The third-order valence-electron chi connectivity index (χ3n) is 4.72. The normalized spacial score (nSPS) is 10.9. The van der Waals surface area contributed by atoms with Gasteiger partial charge in [-0.2, -0.15) is 0 Å². The average Bonchev–Trinajstić information content (AvgIpc) is 3.35. The van der Waals surface area contributed by atoms with Gasteiger partial charge in [-0.15, -0.1) is 22.7 Å². The fraction of sp³-hybridized carbons (Fsp3) is 0.143. The van der Waals surface area contributed by atoms with Crippen molar-refractivity contribution in [3.63, 3.8) is 0 Å². The van der Waals surface area contributed by atoms with E-state index in [1.54, 1.807) is 6.07 Å². The van der Waals surface area contributed by atoms with Crippen LogP contribution < -0.4 is 5.32 Å². The number of aromatic nitrogens is 4. The third-order valence-corrected chi connectivity index (χ3v) is 7.31. The quantitative estimate of drug-likeness (QED) is 0.106. The van der Waals surface area contributed by atoms with Crippen LogP contribution in [0.3, 0.4) is 0 Å². The standard InChI is InChI=1S/C14H11ClN4O2S.C7H4Cl2N2S/c1-8-7-22-13-11(8)12(17-14(15)18-13)16-6-9-3-2-4-10(5-9)19(20)21;1-3-2-12-6-4(3)5(8)10-7(9)11-6/h2-5,7H,6H2,1H3,(H,16,17,18);2H,1H3. The van der Waals surface area contributed by atoms with Crippen molar-refractivity contribution in [2.24, 2.45) is 0 Å². The molecule has 0 spiro atoms. The number of non-ortho nitro benzene ring substituents is 1. The lowest BCUT2D eigenvalue weighted by Crippen LogP contribution is -2.03. The van der Waals surface area contributed by atoms with E-state index in [1.807, 2.05) is 30.7 Å². The van der Waals surface area contributed by atoms with Crippen LogP contribution in [-0.2, 0) is 6.54 Å². The van der Waals surface area contributed by atoms with Crippen molar-refractivity contribution in [1.82, 2.24) is 19.9 Å². The van der Waals surface area contributed by atoms with Crippen molar-refractivity contribution < 1.29 is 4.92 Å². The Kier molecular flexibility index (Phi) is 7.44. The first kappa shape index (κ1) is 24.5. The fourth-order valence-corrected chi connectivity index (χ4v) is 5.86. The first-order valence-corrected chi connectivity index (χ1v) is 12.6. The number of nitrogens with zero attached hydrogens (tertiary/aromatic N) is 5. The van der Waals surface area contributed by atoms with E-state index in [2.05, 4.69) is 25.3 Å². The Morgan fingerprint density at radius 3 is 2.24 bits per heavy atom. The zero-order valence-electron chi connectivity index (χ0n) is 17.7. The molecule has 0 aliphatic carbocycles. The molecule has 5 rings (SSSR count). The number of benzene rings is 1. The molecule has 8 nitrogen and oxygen atoms in total. The van der Waals surface area contributed by atoms with Crippen molar-refractivity contribution in [2.75, 3.05) is 5.32 Å². The zero-order chi connectivity index (χ0) is 24.4. The van der Waals surface area contributed by atoms with Crippen molar-refractivity contribution in [2.45, 2.75) is 20.4 Å². The Morgan fingerprint density at radius 2 is 1.56 bits per heavy atom. The van der Waals surface area contributed by atoms with E-state index in [1.165, 1.54) is 34.8 Å². The number of anilines is 1. The minimum Gasteiger partial charge on any atom is -0.365 e. The van der Waals surface area contributed by atoms with Gasteiger partial charge in [-0.25, -0.2) is 19.9 Å². The molecule has 0 atom stereocenters. The first-order chi connectivity index (χ1) is 16.2. The number of rotatable bonds is 4. The maximum atomic E-state index is 10.8. The van der Waals surface area contributed by atoms with E-state index in [0.717, 1.165) is 37.1 Å². The Balaban J connectivity index is 0.000000192. The maximum Gasteiger partial charge on any atom is 0.269 e. The molecule has 0 aliphatic rings. The van der Waals surface area contributed by atoms with Gasteiger partial charge in [0.15, 0.2) is 0 Å². The van der Waals surface area contributed by atoms with Gasteiger partial charge in [-0.1, -0.05) is 23.7 Å². The van der Waals surface area contributed by atoms with E-state index in [0.29, 0.717) is 17.5 Å². The highest BCUT2D eigenvalue weighted by Gasteiger charge is 2.12. The van der Waals surface area contributed by atoms with Gasteiger partial charge in [0.05, 0.1) is 15.7 Å². The summed E-state index contributed by atoms with van der Waals surface area (Å²) in [7, 11) is 0. The molecule has 34 heavy (non-hydrogen) atoms. The topological polar surface area (TPSA) is 107 Å². The number of nitro benzene ring substituents is 1. The number of halogens is 3. The van der Waals surface area contributed by atoms with E-state index >= 15 is 0 Å². The Labute approximate surface area is 216 Å². The van der Waals surface area contributed by atoms with E-state index in [9.17, 15) is 10.1 Å². The smallest absolute Gasteiger partial charge is 0.269 e. The molecule has 0 saturated heterocycles. The number of thiophene rings is 2. The number of hydrogen-bond donors (Lipinski definition) is 1. The summed E-state index contributed by atoms with van der Waals surface area (Å²) >= 11 is 20.5. The summed E-state index contributed by atoms with van der Waals surface area (Å²) in [6.07, 6.45) is 0. The average molecular weight is 554 g/mol. The molecule has 0 unspecified atom stereocenters. The van der Waals surface area contributed by atoms with Crippen molar-refractivity contribution in [1.29, 1.82) is 0 Å². The van der Waals surface area contributed by atoms with Crippen LogP contribution in [0, 0.1) is 24.0 Å². The monoisotopic (exact) mass is 552 g/mol. The van der Waals surface area contributed by atoms with Crippen molar-refractivity contribution in [3.8, 4) is 0 Å². The summed E-state index contributed by atoms with van der Waals surface area (Å²) in [5, 5.41) is 20.6. The molecule has 0 radical (unpaired) electrons. The summed E-state index contributed by atoms with van der Waals surface area (Å²) in [6.45, 7) is 4.37. The summed E-state index contributed by atoms with van der Waals surface area (Å²) in [5.74, 6) is 0.639. The molecular weight excluding hydrogens is 539 g/mol. The minimum absolute atomic E-state index is 0.0666. The van der Waals surface area contributed by atoms with Crippen LogP contribution in [0.1, 0.15) is 16.7 Å². The summed E-state index contributed by atoms with van der Waals surface area (Å²) in [6, 6.07) is 6.48. The predicted octanol–water partition coefficient (Wildman–Crippen LogP) is 7.48. The molecule has 4 aromatic heterocycles. The molecule has 1 aromatic carbocycles. The van der Waals surface area contributed by atoms with E-state index in [-0.39, 0.29) is 16.3 Å². The number of aryl methyl sites for hydroxylation is 2. The van der Waals surface area contributed by atoms with Gasteiger partial charge in [0.1, 0.15) is 20.6 Å². The SMILES string of the molecule is Cc1csc2nc(Cl)nc(Cl)c12.Cc1csc2nc(Cl)nc(NCc3cccc([N+](=O)[O-])c3)c12. The number of hydrogen-bond acceptors (Lipinski definition) is 9. The zero-order valence-corrected chi connectivity index (χ0v) is 21.6. The van der Waals surface area contributed by atoms with Crippen LogP contribution in [0.5, 0.6) is 0 Å². The fourth-order valence-electron chi connectivity index (χ4n) is 3.16. The highest BCUT2D eigenvalue weighted by molar-refractivity contribution is 7.17. The van der Waals surface area contributed by atoms with Crippen LogP contribution in [-0.4, -0.2) is 24.9 Å². The van der Waals surface area contributed by atoms with Crippen molar-refractivity contribution in [3.05, 3.63) is 77.6 Å². The highest BCUT2D eigenvalue weighted by atomic mass is 35.5. The lowest BCUT2D eigenvalue weighted by molar-refractivity contribution is -0.384. The number of nitro groups is 1. The van der Waals surface area contributed by atoms with Crippen LogP contribution in [0.25, 0.3) is 20.4 Å². The van der Waals surface area contributed by atoms with Gasteiger partial charge in [0.25, 0.3) is 5.69 Å². The highest BCUT2D eigenvalue weighted by Crippen LogP contribution is 2.31. The largest absolute Gasteiger partial charge is 0.365 e. The molecule has 13 heteroatoms. The molecule has 0 bridgehead atoms.